The molecule has 1 rings (SSSR count). The lowest BCUT2D eigenvalue weighted by Crippen LogP contribution is -2.53. The molecule has 0 atom stereocenters. The average Bonchev–Trinajstić information content (AvgIpc) is 2.50. The van der Waals surface area contributed by atoms with Crippen molar-refractivity contribution in [2.75, 3.05) is 13.1 Å². The van der Waals surface area contributed by atoms with E-state index in [2.05, 4.69) is 38.3 Å². The molecule has 0 aliphatic heterocycles. The van der Waals surface area contributed by atoms with Crippen molar-refractivity contribution in [1.29, 1.82) is 0 Å². The Morgan fingerprint density at radius 3 is 2.29 bits per heavy atom. The first kappa shape index (κ1) is 12.0. The van der Waals surface area contributed by atoms with Crippen LogP contribution in [0.3, 0.4) is 0 Å². The van der Waals surface area contributed by atoms with Gasteiger partial charge in [-0.25, -0.2) is 0 Å². The molecular formula is C12H26N2. The van der Waals surface area contributed by atoms with Gasteiger partial charge in [-0.05, 0) is 40.2 Å². The third kappa shape index (κ3) is 3.58. The molecule has 2 heteroatoms. The molecule has 2 N–H and O–H groups in total. The fraction of sp³-hybridized carbons (Fsp3) is 1.00. The zero-order valence-corrected chi connectivity index (χ0v) is 10.2. The van der Waals surface area contributed by atoms with Crippen LogP contribution in [-0.2, 0) is 0 Å². The monoisotopic (exact) mass is 198 g/mol. The maximum absolute atomic E-state index is 3.72. The molecule has 0 heterocycles. The first-order valence-electron chi connectivity index (χ1n) is 5.97. The lowest BCUT2D eigenvalue weighted by Gasteiger charge is -2.33. The molecule has 1 aliphatic rings. The highest BCUT2D eigenvalue weighted by Gasteiger charge is 2.29. The second kappa shape index (κ2) is 4.63. The Kier molecular flexibility index (Phi) is 3.96. The van der Waals surface area contributed by atoms with Gasteiger partial charge in [0.1, 0.15) is 0 Å². The minimum Gasteiger partial charge on any atom is -0.311 e. The van der Waals surface area contributed by atoms with Crippen LogP contribution >= 0.6 is 0 Å². The van der Waals surface area contributed by atoms with E-state index in [-0.39, 0.29) is 5.54 Å². The van der Waals surface area contributed by atoms with E-state index in [1.165, 1.54) is 25.7 Å². The number of nitrogens with one attached hydrogen (secondary N) is 2. The summed E-state index contributed by atoms with van der Waals surface area (Å²) < 4.78 is 0. The van der Waals surface area contributed by atoms with Crippen molar-refractivity contribution in [3.63, 3.8) is 0 Å². The van der Waals surface area contributed by atoms with Gasteiger partial charge in [0.05, 0.1) is 0 Å². The van der Waals surface area contributed by atoms with E-state index in [1.807, 2.05) is 0 Å². The quantitative estimate of drug-likeness (QED) is 0.708. The van der Waals surface area contributed by atoms with Crippen LogP contribution in [0.2, 0.25) is 0 Å². The maximum atomic E-state index is 3.72. The highest BCUT2D eigenvalue weighted by molar-refractivity contribution is 4.91. The minimum atomic E-state index is 0.223. The van der Waals surface area contributed by atoms with Gasteiger partial charge < -0.3 is 10.6 Å². The summed E-state index contributed by atoms with van der Waals surface area (Å²) in [4.78, 5) is 0. The van der Waals surface area contributed by atoms with Crippen molar-refractivity contribution in [3.8, 4) is 0 Å². The van der Waals surface area contributed by atoms with E-state index in [9.17, 15) is 0 Å². The molecule has 1 fully saturated rings. The van der Waals surface area contributed by atoms with Crippen molar-refractivity contribution in [2.45, 2.75) is 64.5 Å². The van der Waals surface area contributed by atoms with E-state index in [4.69, 9.17) is 0 Å². The molecule has 0 aromatic heterocycles. The summed E-state index contributed by atoms with van der Waals surface area (Å²) in [6.07, 6.45) is 5.47. The third-order valence-corrected chi connectivity index (χ3v) is 3.32. The number of hydrogen-bond acceptors (Lipinski definition) is 2. The zero-order chi connectivity index (χ0) is 10.7. The summed E-state index contributed by atoms with van der Waals surface area (Å²) in [5.41, 5.74) is 0.632. The van der Waals surface area contributed by atoms with E-state index in [1.54, 1.807) is 0 Å². The Labute approximate surface area is 88.8 Å². The second-order valence-electron chi connectivity index (χ2n) is 5.54. The van der Waals surface area contributed by atoms with Crippen molar-refractivity contribution in [2.24, 2.45) is 0 Å². The van der Waals surface area contributed by atoms with Gasteiger partial charge >= 0.3 is 0 Å². The predicted molar refractivity (Wildman–Crippen MR) is 62.6 cm³/mol. The van der Waals surface area contributed by atoms with Crippen molar-refractivity contribution in [1.82, 2.24) is 10.6 Å². The largest absolute Gasteiger partial charge is 0.311 e. The van der Waals surface area contributed by atoms with Gasteiger partial charge in [-0.2, -0.15) is 0 Å². The zero-order valence-electron chi connectivity index (χ0n) is 10.2. The van der Waals surface area contributed by atoms with Gasteiger partial charge in [0.15, 0.2) is 0 Å². The highest BCUT2D eigenvalue weighted by Crippen LogP contribution is 2.29. The van der Waals surface area contributed by atoms with E-state index in [0.29, 0.717) is 5.54 Å². The van der Waals surface area contributed by atoms with Crippen molar-refractivity contribution >= 4 is 0 Å². The van der Waals surface area contributed by atoms with Gasteiger partial charge in [0.2, 0.25) is 0 Å². The summed E-state index contributed by atoms with van der Waals surface area (Å²) in [5, 5.41) is 7.22. The fourth-order valence-electron chi connectivity index (χ4n) is 2.31. The molecule has 0 radical (unpaired) electrons. The van der Waals surface area contributed by atoms with E-state index >= 15 is 0 Å². The molecule has 0 unspecified atom stereocenters. The normalized spacial score (nSPS) is 21.4. The number of likely N-dealkylation sites (N-methyl/N-ethyl adjacent to an activating group) is 1. The molecule has 0 saturated heterocycles. The number of hydrogen-bond donors (Lipinski definition) is 2. The molecule has 0 bridgehead atoms. The van der Waals surface area contributed by atoms with Gasteiger partial charge in [0.25, 0.3) is 0 Å². The van der Waals surface area contributed by atoms with E-state index < -0.39 is 0 Å². The van der Waals surface area contributed by atoms with Crippen LogP contribution in [0.5, 0.6) is 0 Å². The molecule has 0 spiro atoms. The van der Waals surface area contributed by atoms with Crippen molar-refractivity contribution in [3.05, 3.63) is 0 Å². The third-order valence-electron chi connectivity index (χ3n) is 3.32. The molecule has 84 valence electrons. The fourth-order valence-corrected chi connectivity index (χ4v) is 2.31. The summed E-state index contributed by atoms with van der Waals surface area (Å²) >= 11 is 0. The molecule has 2 nitrogen and oxygen atoms in total. The van der Waals surface area contributed by atoms with Gasteiger partial charge in [-0.15, -0.1) is 0 Å². The molecule has 0 aromatic carbocycles. The highest BCUT2D eigenvalue weighted by atomic mass is 15.1. The molecule has 1 saturated carbocycles. The second-order valence-corrected chi connectivity index (χ2v) is 5.54. The topological polar surface area (TPSA) is 24.1 Å². The standard InChI is InChI=1S/C12H26N2/c1-5-13-11(2,3)10-14-12(4)8-6-7-9-12/h13-14H,5-10H2,1-4H3. The first-order valence-corrected chi connectivity index (χ1v) is 5.97. The van der Waals surface area contributed by atoms with Crippen LogP contribution in [0.4, 0.5) is 0 Å². The number of rotatable bonds is 5. The average molecular weight is 198 g/mol. The summed E-state index contributed by atoms with van der Waals surface area (Å²) in [7, 11) is 0. The van der Waals surface area contributed by atoms with Crippen LogP contribution in [0, 0.1) is 0 Å². The lowest BCUT2D eigenvalue weighted by atomic mass is 9.97. The lowest BCUT2D eigenvalue weighted by molar-refractivity contribution is 0.293. The Bertz CT molecular complexity index is 169. The summed E-state index contributed by atoms with van der Waals surface area (Å²) in [6, 6.07) is 0. The molecule has 14 heavy (non-hydrogen) atoms. The molecule has 0 aromatic rings. The van der Waals surface area contributed by atoms with Crippen LogP contribution in [0.1, 0.15) is 53.4 Å². The van der Waals surface area contributed by atoms with Crippen LogP contribution in [0.25, 0.3) is 0 Å². The Balaban J connectivity index is 2.31. The van der Waals surface area contributed by atoms with Crippen molar-refractivity contribution < 1.29 is 0 Å². The van der Waals surface area contributed by atoms with Crippen LogP contribution < -0.4 is 10.6 Å². The molecule has 1 aliphatic carbocycles. The van der Waals surface area contributed by atoms with Gasteiger partial charge in [-0.1, -0.05) is 19.8 Å². The smallest absolute Gasteiger partial charge is 0.0249 e. The first-order chi connectivity index (χ1) is 6.47. The van der Waals surface area contributed by atoms with E-state index in [0.717, 1.165) is 13.1 Å². The SMILES string of the molecule is CCNC(C)(C)CNC1(C)CCCC1. The Morgan fingerprint density at radius 1 is 1.21 bits per heavy atom. The molecular weight excluding hydrogens is 172 g/mol. The van der Waals surface area contributed by atoms with Crippen LogP contribution in [0.15, 0.2) is 0 Å². The molecule has 0 amide bonds. The summed E-state index contributed by atoms with van der Waals surface area (Å²) in [6.45, 7) is 11.2. The summed E-state index contributed by atoms with van der Waals surface area (Å²) in [5.74, 6) is 0. The Hall–Kier alpha value is -0.0800. The minimum absolute atomic E-state index is 0.223. The maximum Gasteiger partial charge on any atom is 0.0249 e. The van der Waals surface area contributed by atoms with Crippen LogP contribution in [-0.4, -0.2) is 24.2 Å². The Morgan fingerprint density at radius 2 is 1.79 bits per heavy atom. The predicted octanol–water partition coefficient (Wildman–Crippen LogP) is 2.30. The van der Waals surface area contributed by atoms with Gasteiger partial charge in [0, 0.05) is 17.6 Å². The van der Waals surface area contributed by atoms with Gasteiger partial charge in [-0.3, -0.25) is 0 Å².